The maximum absolute atomic E-state index is 13.3. The highest BCUT2D eigenvalue weighted by Gasteiger charge is 2.23. The van der Waals surface area contributed by atoms with E-state index in [0.29, 0.717) is 25.2 Å². The Bertz CT molecular complexity index is 1060. The summed E-state index contributed by atoms with van der Waals surface area (Å²) < 4.78 is 5.71. The van der Waals surface area contributed by atoms with Crippen molar-refractivity contribution in [1.29, 1.82) is 0 Å². The van der Waals surface area contributed by atoms with Gasteiger partial charge in [-0.2, -0.15) is 0 Å². The molecule has 0 saturated carbocycles. The van der Waals surface area contributed by atoms with Crippen LogP contribution in [0.25, 0.3) is 0 Å². The number of benzene rings is 2. The van der Waals surface area contributed by atoms with Crippen LogP contribution in [0.15, 0.2) is 83.8 Å². The minimum Gasteiger partial charge on any atom is -0.464 e. The van der Waals surface area contributed by atoms with Gasteiger partial charge in [-0.05, 0) is 49.6 Å². The Hall–Kier alpha value is -3.60. The molecule has 166 valence electrons. The Morgan fingerprint density at radius 1 is 0.938 bits per heavy atom. The highest BCUT2D eigenvalue weighted by molar-refractivity contribution is 5.97. The van der Waals surface area contributed by atoms with Crippen LogP contribution in [0.5, 0.6) is 0 Å². The second-order valence-electron chi connectivity index (χ2n) is 7.85. The van der Waals surface area contributed by atoms with E-state index in [1.54, 1.807) is 21.9 Å². The van der Waals surface area contributed by atoms with Crippen LogP contribution in [-0.4, -0.2) is 41.2 Å². The minimum atomic E-state index is -0.173. The van der Waals surface area contributed by atoms with Gasteiger partial charge in [0, 0.05) is 18.7 Å². The number of rotatable bonds is 10. The number of nitrogens with zero attached hydrogens (tertiary/aromatic N) is 2. The molecular weight excluding hydrogens is 400 g/mol. The lowest BCUT2D eigenvalue weighted by Crippen LogP contribution is -2.43. The lowest BCUT2D eigenvalue weighted by molar-refractivity contribution is -0.132. The average molecular weight is 431 g/mol. The summed E-state index contributed by atoms with van der Waals surface area (Å²) in [5.41, 5.74) is 2.63. The van der Waals surface area contributed by atoms with Crippen LogP contribution in [-0.2, 0) is 17.8 Å². The minimum absolute atomic E-state index is 0.0202. The molecule has 3 aromatic rings. The second-order valence-corrected chi connectivity index (χ2v) is 7.85. The number of carbonyl (C=O) groups excluding carboxylic acids is 2. The molecule has 3 rings (SSSR count). The monoisotopic (exact) mass is 430 g/mol. The third-order valence-electron chi connectivity index (χ3n) is 5.35. The van der Waals surface area contributed by atoms with Crippen molar-refractivity contribution in [1.82, 2.24) is 9.80 Å². The van der Waals surface area contributed by atoms with Crippen molar-refractivity contribution in [2.75, 3.05) is 19.6 Å². The first-order valence-corrected chi connectivity index (χ1v) is 10.8. The third kappa shape index (κ3) is 6.20. The average Bonchev–Trinajstić information content (AvgIpc) is 3.21. The number of carbonyl (C=O) groups is 2. The predicted molar refractivity (Wildman–Crippen MR) is 126 cm³/mol. The fourth-order valence-corrected chi connectivity index (χ4v) is 3.58. The van der Waals surface area contributed by atoms with Gasteiger partial charge in [-0.25, -0.2) is 0 Å². The Morgan fingerprint density at radius 3 is 2.31 bits per heavy atom. The van der Waals surface area contributed by atoms with Crippen molar-refractivity contribution in [3.63, 3.8) is 0 Å². The van der Waals surface area contributed by atoms with Crippen molar-refractivity contribution in [3.05, 3.63) is 108 Å². The molecule has 0 atom stereocenters. The standard InChI is InChI=1S/C27H30N2O3/c1-4-17-29(27(31)25-13-9-8-10-21(25)2)20-26(30)28(19-24-15-14-22(3)32-24)18-16-23-11-6-5-7-12-23/h4-15H,1,16-20H2,2-3H3. The zero-order valence-electron chi connectivity index (χ0n) is 18.8. The van der Waals surface area contributed by atoms with Crippen LogP contribution in [0.3, 0.4) is 0 Å². The Kier molecular flexibility index (Phi) is 8.03. The molecule has 32 heavy (non-hydrogen) atoms. The molecule has 2 amide bonds. The molecule has 5 heteroatoms. The maximum Gasteiger partial charge on any atom is 0.254 e. The molecule has 0 saturated heterocycles. The van der Waals surface area contributed by atoms with Crippen molar-refractivity contribution < 1.29 is 14.0 Å². The van der Waals surface area contributed by atoms with Crippen LogP contribution >= 0.6 is 0 Å². The van der Waals surface area contributed by atoms with Gasteiger partial charge >= 0.3 is 0 Å². The molecule has 0 spiro atoms. The Morgan fingerprint density at radius 2 is 1.66 bits per heavy atom. The molecule has 1 aromatic heterocycles. The molecule has 0 aliphatic rings. The highest BCUT2D eigenvalue weighted by Crippen LogP contribution is 2.14. The quantitative estimate of drug-likeness (QED) is 0.434. The predicted octanol–water partition coefficient (Wildman–Crippen LogP) is 4.80. The van der Waals surface area contributed by atoms with E-state index < -0.39 is 0 Å². The number of amides is 2. The molecule has 0 fully saturated rings. The number of hydrogen-bond acceptors (Lipinski definition) is 3. The molecule has 0 bridgehead atoms. The largest absolute Gasteiger partial charge is 0.464 e. The first-order chi connectivity index (χ1) is 15.5. The fraction of sp³-hybridized carbons (Fsp3) is 0.259. The van der Waals surface area contributed by atoms with Crippen LogP contribution in [0, 0.1) is 13.8 Å². The van der Waals surface area contributed by atoms with Gasteiger partial charge < -0.3 is 14.2 Å². The van der Waals surface area contributed by atoms with Gasteiger partial charge in [-0.15, -0.1) is 6.58 Å². The van der Waals surface area contributed by atoms with Crippen LogP contribution in [0.1, 0.15) is 33.0 Å². The van der Waals surface area contributed by atoms with Crippen LogP contribution in [0.2, 0.25) is 0 Å². The summed E-state index contributed by atoms with van der Waals surface area (Å²) in [4.78, 5) is 29.8. The van der Waals surface area contributed by atoms with Crippen LogP contribution < -0.4 is 0 Å². The van der Waals surface area contributed by atoms with Crippen molar-refractivity contribution >= 4 is 11.8 Å². The van der Waals surface area contributed by atoms with Crippen LogP contribution in [0.4, 0.5) is 0 Å². The summed E-state index contributed by atoms with van der Waals surface area (Å²) in [6.07, 6.45) is 2.37. The van der Waals surface area contributed by atoms with E-state index in [9.17, 15) is 9.59 Å². The van der Waals surface area contributed by atoms with E-state index in [4.69, 9.17) is 4.42 Å². The first-order valence-electron chi connectivity index (χ1n) is 10.8. The molecular formula is C27H30N2O3. The fourth-order valence-electron chi connectivity index (χ4n) is 3.58. The van der Waals surface area contributed by atoms with Gasteiger partial charge in [0.05, 0.1) is 6.54 Å². The summed E-state index contributed by atoms with van der Waals surface area (Å²) in [5, 5.41) is 0. The molecule has 0 radical (unpaired) electrons. The van der Waals surface area contributed by atoms with E-state index in [-0.39, 0.29) is 18.4 Å². The van der Waals surface area contributed by atoms with Gasteiger partial charge in [0.25, 0.3) is 5.91 Å². The SMILES string of the molecule is C=CCN(CC(=O)N(CCc1ccccc1)Cc1ccc(C)o1)C(=O)c1ccccc1C. The summed E-state index contributed by atoms with van der Waals surface area (Å²) in [6, 6.07) is 21.2. The molecule has 0 aliphatic heterocycles. The molecule has 2 aromatic carbocycles. The summed E-state index contributed by atoms with van der Waals surface area (Å²) in [5.74, 6) is 1.23. The molecule has 5 nitrogen and oxygen atoms in total. The molecule has 0 N–H and O–H groups in total. The van der Waals surface area contributed by atoms with Gasteiger partial charge in [0.1, 0.15) is 18.1 Å². The first kappa shape index (κ1) is 23.1. The normalized spacial score (nSPS) is 10.6. The second kappa shape index (κ2) is 11.1. The summed E-state index contributed by atoms with van der Waals surface area (Å²) in [7, 11) is 0. The topological polar surface area (TPSA) is 53.8 Å². The Labute approximate surface area is 190 Å². The lowest BCUT2D eigenvalue weighted by Gasteiger charge is -2.27. The van der Waals surface area contributed by atoms with Crippen molar-refractivity contribution in [2.45, 2.75) is 26.8 Å². The van der Waals surface area contributed by atoms with Crippen molar-refractivity contribution in [3.8, 4) is 0 Å². The number of aryl methyl sites for hydroxylation is 2. The summed E-state index contributed by atoms with van der Waals surface area (Å²) in [6.45, 7) is 8.71. The highest BCUT2D eigenvalue weighted by atomic mass is 16.3. The van der Waals surface area contributed by atoms with Gasteiger partial charge in [0.15, 0.2) is 0 Å². The van der Waals surface area contributed by atoms with E-state index >= 15 is 0 Å². The number of furan rings is 1. The van der Waals surface area contributed by atoms with E-state index in [2.05, 4.69) is 6.58 Å². The van der Waals surface area contributed by atoms with Gasteiger partial charge in [-0.1, -0.05) is 54.6 Å². The van der Waals surface area contributed by atoms with E-state index in [0.717, 1.165) is 29.1 Å². The molecule has 0 aliphatic carbocycles. The van der Waals surface area contributed by atoms with Crippen molar-refractivity contribution in [2.24, 2.45) is 0 Å². The van der Waals surface area contributed by atoms with E-state index in [1.165, 1.54) is 0 Å². The number of hydrogen-bond donors (Lipinski definition) is 0. The zero-order valence-corrected chi connectivity index (χ0v) is 18.8. The van der Waals surface area contributed by atoms with Gasteiger partial charge in [-0.3, -0.25) is 9.59 Å². The third-order valence-corrected chi connectivity index (χ3v) is 5.35. The molecule has 1 heterocycles. The van der Waals surface area contributed by atoms with Gasteiger partial charge in [0.2, 0.25) is 5.91 Å². The smallest absolute Gasteiger partial charge is 0.254 e. The molecule has 0 unspecified atom stereocenters. The van der Waals surface area contributed by atoms with E-state index in [1.807, 2.05) is 74.5 Å². The summed E-state index contributed by atoms with van der Waals surface area (Å²) >= 11 is 0. The maximum atomic E-state index is 13.3. The lowest BCUT2D eigenvalue weighted by atomic mass is 10.1. The Balaban J connectivity index is 1.76. The zero-order chi connectivity index (χ0) is 22.9.